The predicted molar refractivity (Wildman–Crippen MR) is 167 cm³/mol. The fraction of sp³-hybridized carbons (Fsp3) is 0.312. The van der Waals surface area contributed by atoms with Crippen molar-refractivity contribution in [3.05, 3.63) is 103 Å². The summed E-state index contributed by atoms with van der Waals surface area (Å²) in [4.78, 5) is 30.5. The Morgan fingerprint density at radius 1 is 1.14 bits per heavy atom. The van der Waals surface area contributed by atoms with Gasteiger partial charge in [0.1, 0.15) is 17.1 Å². The minimum absolute atomic E-state index is 0.125. The molecule has 2 aliphatic rings. The number of aryl methyl sites for hydroxylation is 1. The minimum atomic E-state index is -0.977. The third-order valence-electron chi connectivity index (χ3n) is 8.45. The lowest BCUT2D eigenvalue weighted by Crippen LogP contribution is -2.46. The summed E-state index contributed by atoms with van der Waals surface area (Å²) < 4.78 is 18.5. The van der Waals surface area contributed by atoms with Crippen LogP contribution in [0.1, 0.15) is 55.6 Å². The van der Waals surface area contributed by atoms with E-state index in [9.17, 15) is 19.1 Å². The Bertz CT molecular complexity index is 1840. The first kappa shape index (κ1) is 28.5. The van der Waals surface area contributed by atoms with Crippen molar-refractivity contribution >= 4 is 34.2 Å². The number of hydrogen-bond acceptors (Lipinski definition) is 5. The van der Waals surface area contributed by atoms with E-state index in [2.05, 4.69) is 10.3 Å². The highest BCUT2D eigenvalue weighted by Gasteiger charge is 2.53. The number of aromatic nitrogens is 3. The van der Waals surface area contributed by atoms with Gasteiger partial charge in [0.05, 0.1) is 29.2 Å². The molecular weight excluding hydrogens is 648 g/mol. The summed E-state index contributed by atoms with van der Waals surface area (Å²) in [6.07, 6.45) is 1.26. The highest BCUT2D eigenvalue weighted by Crippen LogP contribution is 2.46. The zero-order valence-corrected chi connectivity index (χ0v) is 26.1. The molecule has 6 rings (SSSR count). The highest BCUT2D eigenvalue weighted by molar-refractivity contribution is 14.1. The number of carbonyl (C=O) groups is 1. The molecule has 0 spiro atoms. The van der Waals surface area contributed by atoms with E-state index in [1.807, 2.05) is 80.6 Å². The van der Waals surface area contributed by atoms with Gasteiger partial charge in [0.2, 0.25) is 5.56 Å². The number of aliphatic hydroxyl groups is 1. The number of pyridine rings is 1. The van der Waals surface area contributed by atoms with E-state index in [1.165, 1.54) is 16.7 Å². The Hall–Kier alpha value is -3.64. The molecule has 2 aromatic heterocycles. The van der Waals surface area contributed by atoms with E-state index in [0.29, 0.717) is 27.0 Å². The lowest BCUT2D eigenvalue weighted by molar-refractivity contribution is -0.116. The topological polar surface area (TPSA) is 102 Å². The van der Waals surface area contributed by atoms with Crippen molar-refractivity contribution in [1.82, 2.24) is 19.7 Å². The molecule has 3 atom stereocenters. The lowest BCUT2D eigenvalue weighted by atomic mass is 9.69. The van der Waals surface area contributed by atoms with Gasteiger partial charge in [0.15, 0.2) is 0 Å². The number of nitrogens with one attached hydrogen (secondary N) is 1. The van der Waals surface area contributed by atoms with Crippen molar-refractivity contribution in [3.63, 3.8) is 0 Å². The number of benzene rings is 2. The van der Waals surface area contributed by atoms with Crippen molar-refractivity contribution in [3.8, 4) is 16.9 Å². The van der Waals surface area contributed by atoms with E-state index in [4.69, 9.17) is 5.10 Å². The number of aliphatic hydroxyl groups excluding tert-OH is 1. The van der Waals surface area contributed by atoms with Crippen LogP contribution in [0.4, 0.5) is 4.39 Å². The van der Waals surface area contributed by atoms with Gasteiger partial charge in [-0.2, -0.15) is 5.10 Å². The van der Waals surface area contributed by atoms with Gasteiger partial charge in [0.25, 0.3) is 5.91 Å². The van der Waals surface area contributed by atoms with Gasteiger partial charge in [-0.05, 0) is 89.7 Å². The number of rotatable bonds is 5. The lowest BCUT2D eigenvalue weighted by Gasteiger charge is -2.40. The Kier molecular flexibility index (Phi) is 6.76. The number of para-hydroxylation sites is 1. The van der Waals surface area contributed by atoms with Gasteiger partial charge >= 0.3 is 0 Å². The molecule has 4 aromatic rings. The van der Waals surface area contributed by atoms with Crippen LogP contribution in [0.25, 0.3) is 16.9 Å². The predicted octanol–water partition coefficient (Wildman–Crippen LogP) is 4.86. The van der Waals surface area contributed by atoms with Crippen LogP contribution < -0.4 is 10.9 Å². The van der Waals surface area contributed by atoms with Crippen LogP contribution in [0.2, 0.25) is 0 Å². The zero-order chi connectivity index (χ0) is 30.1. The van der Waals surface area contributed by atoms with Gasteiger partial charge in [-0.25, -0.2) is 9.07 Å². The molecule has 3 heterocycles. The summed E-state index contributed by atoms with van der Waals surface area (Å²) in [5.41, 5.74) is 4.11. The Balaban J connectivity index is 1.37. The SMILES string of the molecule is Cc1c(-c2ccc(=O)n(C)c2)nn(-c2ccccc2)c1[C@]1(C)N=C1C(=O)N[C@@H]1c2cc(F)c(I)cc2C(C)(C)CC1O. The zero-order valence-electron chi connectivity index (χ0n) is 23.9. The summed E-state index contributed by atoms with van der Waals surface area (Å²) in [6, 6.07) is 15.3. The summed E-state index contributed by atoms with van der Waals surface area (Å²) in [5, 5.41) is 19.0. The molecule has 42 heavy (non-hydrogen) atoms. The molecule has 0 saturated heterocycles. The summed E-state index contributed by atoms with van der Waals surface area (Å²) >= 11 is 1.97. The van der Waals surface area contributed by atoms with Crippen LogP contribution in [0.3, 0.4) is 0 Å². The molecule has 1 amide bonds. The second-order valence-electron chi connectivity index (χ2n) is 11.9. The number of halogens is 2. The normalized spacial score (nSPS) is 22.3. The van der Waals surface area contributed by atoms with Crippen LogP contribution in [0.5, 0.6) is 0 Å². The molecule has 1 aliphatic carbocycles. The monoisotopic (exact) mass is 679 g/mol. The minimum Gasteiger partial charge on any atom is -0.391 e. The van der Waals surface area contributed by atoms with Crippen LogP contribution in [-0.2, 0) is 22.8 Å². The average molecular weight is 680 g/mol. The summed E-state index contributed by atoms with van der Waals surface area (Å²) in [6.45, 7) is 7.83. The molecule has 216 valence electrons. The molecule has 1 aliphatic heterocycles. The van der Waals surface area contributed by atoms with Gasteiger partial charge in [0, 0.05) is 34.0 Å². The maximum Gasteiger partial charge on any atom is 0.268 e. The smallest absolute Gasteiger partial charge is 0.268 e. The van der Waals surface area contributed by atoms with Crippen LogP contribution in [0.15, 0.2) is 70.6 Å². The van der Waals surface area contributed by atoms with Crippen LogP contribution in [-0.4, -0.2) is 37.2 Å². The number of aliphatic imine (C=N–C) groups is 1. The van der Waals surface area contributed by atoms with Crippen molar-refractivity contribution < 1.29 is 14.3 Å². The van der Waals surface area contributed by atoms with Crippen LogP contribution in [0, 0.1) is 16.3 Å². The van der Waals surface area contributed by atoms with E-state index >= 15 is 0 Å². The summed E-state index contributed by atoms with van der Waals surface area (Å²) in [5.74, 6) is -0.810. The number of fused-ring (bicyclic) bond motifs is 1. The standard InChI is InChI=1S/C32H31FIN5O3/c1-17-26(18-11-12-25(41)38(5)16-18)37-39(19-9-7-6-8-10-19)29(17)32(4)28(36-32)30(42)35-27-20-13-22(33)23(34)14-21(20)31(2,3)15-24(27)40/h6-14,16,24,27,40H,15H2,1-5H3,(H,35,42)/t24?,27-,32-/m1/s1. The molecule has 2 N–H and O–H groups in total. The molecule has 2 aromatic carbocycles. The Morgan fingerprint density at radius 2 is 1.86 bits per heavy atom. The first-order valence-corrected chi connectivity index (χ1v) is 14.8. The fourth-order valence-corrected chi connectivity index (χ4v) is 6.68. The Labute approximate surface area is 256 Å². The average Bonchev–Trinajstić information content (AvgIpc) is 3.50. The van der Waals surface area contributed by atoms with Crippen molar-refractivity contribution in [2.24, 2.45) is 12.0 Å². The van der Waals surface area contributed by atoms with E-state index < -0.39 is 23.6 Å². The first-order valence-electron chi connectivity index (χ1n) is 13.7. The number of nitrogens with zero attached hydrogens (tertiary/aromatic N) is 4. The molecular formula is C32H31FIN5O3. The van der Waals surface area contributed by atoms with Crippen molar-refractivity contribution in [2.75, 3.05) is 0 Å². The molecule has 0 saturated carbocycles. The van der Waals surface area contributed by atoms with E-state index in [1.54, 1.807) is 30.1 Å². The van der Waals surface area contributed by atoms with Crippen molar-refractivity contribution in [1.29, 1.82) is 0 Å². The van der Waals surface area contributed by atoms with Crippen LogP contribution >= 0.6 is 22.6 Å². The second kappa shape index (κ2) is 9.98. The highest BCUT2D eigenvalue weighted by atomic mass is 127. The third-order valence-corrected chi connectivity index (χ3v) is 9.28. The quantitative estimate of drug-likeness (QED) is 0.295. The van der Waals surface area contributed by atoms with Gasteiger partial charge in [-0.15, -0.1) is 0 Å². The molecule has 0 radical (unpaired) electrons. The fourth-order valence-electron chi connectivity index (χ4n) is 6.21. The second-order valence-corrected chi connectivity index (χ2v) is 13.1. The Morgan fingerprint density at radius 3 is 2.55 bits per heavy atom. The molecule has 0 fully saturated rings. The van der Waals surface area contributed by atoms with Crippen molar-refractivity contribution in [2.45, 2.75) is 57.2 Å². The molecule has 8 nitrogen and oxygen atoms in total. The molecule has 10 heteroatoms. The van der Waals surface area contributed by atoms with E-state index in [-0.39, 0.29) is 16.8 Å². The van der Waals surface area contributed by atoms with Gasteiger partial charge in [-0.3, -0.25) is 14.6 Å². The number of amides is 1. The van der Waals surface area contributed by atoms with E-state index in [0.717, 1.165) is 28.1 Å². The molecule has 0 bridgehead atoms. The first-order chi connectivity index (χ1) is 19.8. The van der Waals surface area contributed by atoms with Gasteiger partial charge < -0.3 is 15.0 Å². The van der Waals surface area contributed by atoms with Gasteiger partial charge in [-0.1, -0.05) is 32.0 Å². The maximum absolute atomic E-state index is 14.7. The number of hydrogen-bond donors (Lipinski definition) is 2. The largest absolute Gasteiger partial charge is 0.391 e. The maximum atomic E-state index is 14.7. The summed E-state index contributed by atoms with van der Waals surface area (Å²) in [7, 11) is 1.69. The molecule has 1 unspecified atom stereocenters. The number of carbonyl (C=O) groups excluding carboxylic acids is 1. The third kappa shape index (κ3) is 4.60.